The summed E-state index contributed by atoms with van der Waals surface area (Å²) in [4.78, 5) is 0. The van der Waals surface area contributed by atoms with Gasteiger partial charge in [0.05, 0.1) is 6.61 Å². The predicted octanol–water partition coefficient (Wildman–Crippen LogP) is 3.85. The van der Waals surface area contributed by atoms with E-state index in [0.717, 1.165) is 18.8 Å². The fraction of sp³-hybridized carbons (Fsp3) is 0.923. The SMILES string of the molecule is CCOC(=N)C1CCC(C(C)(C)C)CC1. The molecule has 0 unspecified atom stereocenters. The van der Waals surface area contributed by atoms with E-state index >= 15 is 0 Å². The topological polar surface area (TPSA) is 33.1 Å². The molecule has 15 heavy (non-hydrogen) atoms. The lowest BCUT2D eigenvalue weighted by atomic mass is 9.70. The molecule has 1 aliphatic rings. The van der Waals surface area contributed by atoms with Gasteiger partial charge in [-0.05, 0) is 43.9 Å². The van der Waals surface area contributed by atoms with Crippen molar-refractivity contribution >= 4 is 5.90 Å². The molecule has 0 aromatic heterocycles. The molecule has 0 aromatic carbocycles. The summed E-state index contributed by atoms with van der Waals surface area (Å²) in [7, 11) is 0. The van der Waals surface area contributed by atoms with Crippen LogP contribution in [0.3, 0.4) is 0 Å². The van der Waals surface area contributed by atoms with Crippen LogP contribution in [0.1, 0.15) is 53.4 Å². The Morgan fingerprint density at radius 3 is 2.13 bits per heavy atom. The second-order valence-corrected chi connectivity index (χ2v) is 5.71. The summed E-state index contributed by atoms with van der Waals surface area (Å²) < 4.78 is 5.29. The number of rotatable bonds is 2. The third kappa shape index (κ3) is 3.51. The van der Waals surface area contributed by atoms with Crippen LogP contribution in [0.25, 0.3) is 0 Å². The minimum Gasteiger partial charge on any atom is -0.481 e. The first-order valence-electron chi connectivity index (χ1n) is 6.16. The second-order valence-electron chi connectivity index (χ2n) is 5.71. The highest BCUT2D eigenvalue weighted by Gasteiger charge is 2.31. The fourth-order valence-electron chi connectivity index (χ4n) is 2.49. The van der Waals surface area contributed by atoms with Crippen LogP contribution in [0.15, 0.2) is 0 Å². The lowest BCUT2D eigenvalue weighted by molar-refractivity contribution is 0.156. The first kappa shape index (κ1) is 12.5. The summed E-state index contributed by atoms with van der Waals surface area (Å²) in [5.74, 6) is 1.73. The summed E-state index contributed by atoms with van der Waals surface area (Å²) in [6.07, 6.45) is 4.79. The van der Waals surface area contributed by atoms with Crippen molar-refractivity contribution in [2.24, 2.45) is 17.3 Å². The van der Waals surface area contributed by atoms with Gasteiger partial charge in [-0.3, -0.25) is 5.41 Å². The van der Waals surface area contributed by atoms with Crippen molar-refractivity contribution in [1.82, 2.24) is 0 Å². The summed E-state index contributed by atoms with van der Waals surface area (Å²) in [6.45, 7) is 9.57. The third-order valence-corrected chi connectivity index (χ3v) is 3.62. The van der Waals surface area contributed by atoms with Crippen LogP contribution in [0, 0.1) is 22.7 Å². The minimum atomic E-state index is 0.392. The molecule has 1 aliphatic carbocycles. The maximum absolute atomic E-state index is 7.78. The highest BCUT2D eigenvalue weighted by Crippen LogP contribution is 2.40. The molecule has 0 saturated heterocycles. The van der Waals surface area contributed by atoms with Crippen LogP contribution in [0.4, 0.5) is 0 Å². The van der Waals surface area contributed by atoms with E-state index in [1.54, 1.807) is 0 Å². The molecule has 0 atom stereocenters. The Morgan fingerprint density at radius 1 is 1.20 bits per heavy atom. The highest BCUT2D eigenvalue weighted by molar-refractivity contribution is 5.75. The molecule has 0 aliphatic heterocycles. The molecule has 2 heteroatoms. The Morgan fingerprint density at radius 2 is 1.73 bits per heavy atom. The Hall–Kier alpha value is -0.530. The van der Waals surface area contributed by atoms with Gasteiger partial charge >= 0.3 is 0 Å². The monoisotopic (exact) mass is 211 g/mol. The molecule has 0 heterocycles. The number of hydrogen-bond acceptors (Lipinski definition) is 2. The Bertz CT molecular complexity index is 209. The smallest absolute Gasteiger partial charge is 0.183 e. The lowest BCUT2D eigenvalue weighted by Crippen LogP contribution is -2.29. The first-order chi connectivity index (χ1) is 6.95. The predicted molar refractivity (Wildman–Crippen MR) is 64.3 cm³/mol. The van der Waals surface area contributed by atoms with Crippen molar-refractivity contribution in [3.8, 4) is 0 Å². The van der Waals surface area contributed by atoms with Crippen molar-refractivity contribution in [3.05, 3.63) is 0 Å². The lowest BCUT2D eigenvalue weighted by Gasteiger charge is -2.36. The van der Waals surface area contributed by atoms with Crippen LogP contribution in [0.5, 0.6) is 0 Å². The molecule has 2 nitrogen and oxygen atoms in total. The molecular formula is C13H25NO. The van der Waals surface area contributed by atoms with Crippen molar-refractivity contribution in [2.75, 3.05) is 6.61 Å². The van der Waals surface area contributed by atoms with E-state index in [-0.39, 0.29) is 0 Å². The molecule has 0 bridgehead atoms. The first-order valence-corrected chi connectivity index (χ1v) is 6.16. The fourth-order valence-corrected chi connectivity index (χ4v) is 2.49. The van der Waals surface area contributed by atoms with E-state index in [1.807, 2.05) is 6.92 Å². The number of hydrogen-bond donors (Lipinski definition) is 1. The van der Waals surface area contributed by atoms with E-state index in [2.05, 4.69) is 20.8 Å². The molecular weight excluding hydrogens is 186 g/mol. The standard InChI is InChI=1S/C13H25NO/c1-5-15-12(14)10-6-8-11(9-7-10)13(2,3)4/h10-11,14H,5-9H2,1-4H3. The zero-order chi connectivity index (χ0) is 11.5. The zero-order valence-electron chi connectivity index (χ0n) is 10.6. The quantitative estimate of drug-likeness (QED) is 0.546. The average molecular weight is 211 g/mol. The molecule has 0 amide bonds. The van der Waals surface area contributed by atoms with Crippen molar-refractivity contribution in [1.29, 1.82) is 5.41 Å². The zero-order valence-corrected chi connectivity index (χ0v) is 10.6. The summed E-state index contributed by atoms with van der Waals surface area (Å²) in [5, 5.41) is 7.78. The number of ether oxygens (including phenoxy) is 1. The largest absolute Gasteiger partial charge is 0.481 e. The van der Waals surface area contributed by atoms with Gasteiger partial charge in [0.25, 0.3) is 0 Å². The molecule has 0 spiro atoms. The van der Waals surface area contributed by atoms with Gasteiger partial charge in [-0.15, -0.1) is 0 Å². The van der Waals surface area contributed by atoms with Crippen molar-refractivity contribution < 1.29 is 4.74 Å². The van der Waals surface area contributed by atoms with Gasteiger partial charge < -0.3 is 4.74 Å². The van der Waals surface area contributed by atoms with Gasteiger partial charge in [-0.25, -0.2) is 0 Å². The van der Waals surface area contributed by atoms with E-state index in [9.17, 15) is 0 Å². The minimum absolute atomic E-state index is 0.392. The van der Waals surface area contributed by atoms with E-state index < -0.39 is 0 Å². The summed E-state index contributed by atoms with van der Waals surface area (Å²) >= 11 is 0. The van der Waals surface area contributed by atoms with Gasteiger partial charge in [-0.2, -0.15) is 0 Å². The summed E-state index contributed by atoms with van der Waals surface area (Å²) in [5.41, 5.74) is 0.429. The molecule has 0 aromatic rings. The van der Waals surface area contributed by atoms with Crippen LogP contribution in [-0.4, -0.2) is 12.5 Å². The van der Waals surface area contributed by atoms with Crippen molar-refractivity contribution in [2.45, 2.75) is 53.4 Å². The normalized spacial score (nSPS) is 27.5. The Labute approximate surface area is 93.9 Å². The van der Waals surface area contributed by atoms with E-state index in [1.165, 1.54) is 12.8 Å². The van der Waals surface area contributed by atoms with Gasteiger partial charge in [0, 0.05) is 5.92 Å². The molecule has 0 radical (unpaired) electrons. The van der Waals surface area contributed by atoms with Crippen LogP contribution in [0.2, 0.25) is 0 Å². The van der Waals surface area contributed by atoms with Crippen LogP contribution in [-0.2, 0) is 4.74 Å². The van der Waals surface area contributed by atoms with E-state index in [4.69, 9.17) is 10.1 Å². The Kier molecular flexibility index (Phi) is 4.18. The van der Waals surface area contributed by atoms with Gasteiger partial charge in [-0.1, -0.05) is 20.8 Å². The van der Waals surface area contributed by atoms with Gasteiger partial charge in [0.15, 0.2) is 5.90 Å². The molecule has 88 valence electrons. The third-order valence-electron chi connectivity index (χ3n) is 3.62. The average Bonchev–Trinajstić information content (AvgIpc) is 2.17. The highest BCUT2D eigenvalue weighted by atomic mass is 16.5. The maximum Gasteiger partial charge on any atom is 0.183 e. The summed E-state index contributed by atoms with van der Waals surface area (Å²) in [6, 6.07) is 0. The molecule has 1 fully saturated rings. The molecule has 1 rings (SSSR count). The molecule has 1 N–H and O–H groups in total. The van der Waals surface area contributed by atoms with Crippen LogP contribution < -0.4 is 0 Å². The van der Waals surface area contributed by atoms with Gasteiger partial charge in [0.1, 0.15) is 0 Å². The number of nitrogens with one attached hydrogen (secondary N) is 1. The van der Waals surface area contributed by atoms with E-state index in [0.29, 0.717) is 23.8 Å². The molecule has 1 saturated carbocycles. The maximum atomic E-state index is 7.78. The Balaban J connectivity index is 2.39. The van der Waals surface area contributed by atoms with Crippen LogP contribution >= 0.6 is 0 Å². The van der Waals surface area contributed by atoms with Crippen molar-refractivity contribution in [3.63, 3.8) is 0 Å². The van der Waals surface area contributed by atoms with Gasteiger partial charge in [0.2, 0.25) is 0 Å². The second kappa shape index (κ2) is 5.00.